The minimum atomic E-state index is -3.87. The number of rotatable bonds is 7. The molecule has 0 aliphatic heterocycles. The van der Waals surface area contributed by atoms with Gasteiger partial charge in [-0.25, -0.2) is 8.42 Å². The zero-order chi connectivity index (χ0) is 21.0. The lowest BCUT2D eigenvalue weighted by Crippen LogP contribution is -2.42. The quantitative estimate of drug-likeness (QED) is 0.752. The van der Waals surface area contributed by atoms with E-state index >= 15 is 0 Å². The summed E-state index contributed by atoms with van der Waals surface area (Å²) >= 11 is 0. The Morgan fingerprint density at radius 3 is 2.72 bits per heavy atom. The number of carbonyl (C=O) groups excluding carboxylic acids is 1. The van der Waals surface area contributed by atoms with Gasteiger partial charge in [0.2, 0.25) is 15.9 Å². The van der Waals surface area contributed by atoms with Crippen molar-refractivity contribution in [3.63, 3.8) is 0 Å². The van der Waals surface area contributed by atoms with E-state index < -0.39 is 10.0 Å². The fourth-order valence-corrected chi connectivity index (χ4v) is 5.44. The standard InChI is InChI=1S/C22H28N2O4S/c1-4-24(29(26,27)21-14-16(2)12-13-20(21)28-3)15-22(25)23-19-11-7-9-17-8-5-6-10-18(17)19/h5-6,8,10,12-14,19H,4,7,9,11,15H2,1-3H3,(H,23,25). The second kappa shape index (κ2) is 8.97. The number of amides is 1. The lowest BCUT2D eigenvalue weighted by molar-refractivity contribution is -0.122. The Balaban J connectivity index is 1.78. The number of hydrogen-bond donors (Lipinski definition) is 1. The number of nitrogens with zero attached hydrogens (tertiary/aromatic N) is 1. The first-order valence-electron chi connectivity index (χ1n) is 9.88. The molecule has 2 aromatic carbocycles. The van der Waals surface area contributed by atoms with Crippen LogP contribution in [0.2, 0.25) is 0 Å². The molecule has 0 saturated carbocycles. The zero-order valence-electron chi connectivity index (χ0n) is 17.1. The third-order valence-corrected chi connectivity index (χ3v) is 7.26. The summed E-state index contributed by atoms with van der Waals surface area (Å²) in [5, 5.41) is 3.03. The summed E-state index contributed by atoms with van der Waals surface area (Å²) in [5.74, 6) is -0.0283. The fourth-order valence-electron chi connectivity index (χ4n) is 3.80. The number of carbonyl (C=O) groups is 1. The van der Waals surface area contributed by atoms with Crippen LogP contribution >= 0.6 is 0 Å². The number of methoxy groups -OCH3 is 1. The van der Waals surface area contributed by atoms with Crippen molar-refractivity contribution in [2.75, 3.05) is 20.2 Å². The Morgan fingerprint density at radius 1 is 1.24 bits per heavy atom. The van der Waals surface area contributed by atoms with Crippen molar-refractivity contribution in [1.29, 1.82) is 0 Å². The summed E-state index contributed by atoms with van der Waals surface area (Å²) in [7, 11) is -2.43. The predicted octanol–water partition coefficient (Wildman–Crippen LogP) is 3.21. The van der Waals surface area contributed by atoms with E-state index in [0.717, 1.165) is 30.4 Å². The van der Waals surface area contributed by atoms with Gasteiger partial charge in [0.15, 0.2) is 0 Å². The van der Waals surface area contributed by atoms with Gasteiger partial charge in [-0.3, -0.25) is 4.79 Å². The molecule has 0 bridgehead atoms. The van der Waals surface area contributed by atoms with Crippen LogP contribution in [0, 0.1) is 6.92 Å². The van der Waals surface area contributed by atoms with Crippen molar-refractivity contribution < 1.29 is 17.9 Å². The lowest BCUT2D eigenvalue weighted by atomic mass is 9.88. The molecule has 3 rings (SSSR count). The van der Waals surface area contributed by atoms with Crippen molar-refractivity contribution in [1.82, 2.24) is 9.62 Å². The number of sulfonamides is 1. The van der Waals surface area contributed by atoms with E-state index in [9.17, 15) is 13.2 Å². The molecular formula is C22H28N2O4S. The molecule has 1 aliphatic carbocycles. The first kappa shape index (κ1) is 21.3. The molecule has 1 atom stereocenters. The number of likely N-dealkylation sites (N-methyl/N-ethyl adjacent to an activating group) is 1. The van der Waals surface area contributed by atoms with Gasteiger partial charge in [-0.05, 0) is 55.0 Å². The van der Waals surface area contributed by atoms with Gasteiger partial charge in [-0.2, -0.15) is 4.31 Å². The smallest absolute Gasteiger partial charge is 0.247 e. The Bertz CT molecular complexity index is 988. The summed E-state index contributed by atoms with van der Waals surface area (Å²) in [5.41, 5.74) is 3.18. The van der Waals surface area contributed by atoms with Crippen LogP contribution in [-0.4, -0.2) is 38.8 Å². The molecule has 7 heteroatoms. The second-order valence-corrected chi connectivity index (χ2v) is 9.20. The summed E-state index contributed by atoms with van der Waals surface area (Å²) in [6, 6.07) is 13.0. The molecule has 0 radical (unpaired) electrons. The molecule has 1 unspecified atom stereocenters. The molecule has 1 amide bonds. The molecule has 29 heavy (non-hydrogen) atoms. The molecule has 6 nitrogen and oxygen atoms in total. The molecule has 0 heterocycles. The Labute approximate surface area is 172 Å². The van der Waals surface area contributed by atoms with Crippen LogP contribution in [0.25, 0.3) is 0 Å². The molecule has 0 fully saturated rings. The predicted molar refractivity (Wildman–Crippen MR) is 112 cm³/mol. The van der Waals surface area contributed by atoms with Gasteiger partial charge in [0, 0.05) is 6.54 Å². The summed E-state index contributed by atoms with van der Waals surface area (Å²) in [4.78, 5) is 12.8. The molecule has 0 spiro atoms. The Hall–Kier alpha value is -2.38. The van der Waals surface area contributed by atoms with Gasteiger partial charge in [-0.1, -0.05) is 37.3 Å². The highest BCUT2D eigenvalue weighted by Crippen LogP contribution is 2.30. The number of fused-ring (bicyclic) bond motifs is 1. The van der Waals surface area contributed by atoms with Crippen LogP contribution in [0.15, 0.2) is 47.4 Å². The number of nitrogens with one attached hydrogen (secondary N) is 1. The van der Waals surface area contributed by atoms with Gasteiger partial charge in [0.05, 0.1) is 19.7 Å². The number of hydrogen-bond acceptors (Lipinski definition) is 4. The molecule has 0 saturated heterocycles. The molecule has 1 N–H and O–H groups in total. The average molecular weight is 417 g/mol. The van der Waals surface area contributed by atoms with E-state index in [-0.39, 0.29) is 35.7 Å². The van der Waals surface area contributed by atoms with Crippen LogP contribution in [0.4, 0.5) is 0 Å². The lowest BCUT2D eigenvalue weighted by Gasteiger charge is -2.28. The van der Waals surface area contributed by atoms with Gasteiger partial charge < -0.3 is 10.1 Å². The highest BCUT2D eigenvalue weighted by atomic mass is 32.2. The maximum Gasteiger partial charge on any atom is 0.247 e. The molecule has 2 aromatic rings. The van der Waals surface area contributed by atoms with Gasteiger partial charge >= 0.3 is 0 Å². The zero-order valence-corrected chi connectivity index (χ0v) is 18.0. The number of aryl methyl sites for hydroxylation is 2. The van der Waals surface area contributed by atoms with E-state index in [1.54, 1.807) is 25.1 Å². The summed E-state index contributed by atoms with van der Waals surface area (Å²) in [6.45, 7) is 3.51. The summed E-state index contributed by atoms with van der Waals surface area (Å²) in [6.07, 6.45) is 2.86. The van der Waals surface area contributed by atoms with Gasteiger partial charge in [0.25, 0.3) is 0 Å². The van der Waals surface area contributed by atoms with Crippen LogP contribution in [0.1, 0.15) is 42.5 Å². The second-order valence-electron chi connectivity index (χ2n) is 7.30. The fraction of sp³-hybridized carbons (Fsp3) is 0.409. The Morgan fingerprint density at radius 2 is 2.00 bits per heavy atom. The number of benzene rings is 2. The monoisotopic (exact) mass is 416 g/mol. The van der Waals surface area contributed by atoms with E-state index in [0.29, 0.717) is 0 Å². The molecular weight excluding hydrogens is 388 g/mol. The summed E-state index contributed by atoms with van der Waals surface area (Å²) < 4.78 is 32.8. The number of ether oxygens (including phenoxy) is 1. The van der Waals surface area contributed by atoms with Crippen LogP contribution in [-0.2, 0) is 21.2 Å². The normalized spacial score (nSPS) is 16.3. The third kappa shape index (κ3) is 4.62. The van der Waals surface area contributed by atoms with Gasteiger partial charge in [-0.15, -0.1) is 0 Å². The van der Waals surface area contributed by atoms with E-state index in [4.69, 9.17) is 4.74 Å². The first-order valence-corrected chi connectivity index (χ1v) is 11.3. The third-order valence-electron chi connectivity index (χ3n) is 5.31. The van der Waals surface area contributed by atoms with Crippen LogP contribution in [0.5, 0.6) is 5.75 Å². The molecule has 1 aliphatic rings. The van der Waals surface area contributed by atoms with Gasteiger partial charge in [0.1, 0.15) is 10.6 Å². The minimum absolute atomic E-state index is 0.0811. The van der Waals surface area contributed by atoms with Crippen molar-refractivity contribution in [3.8, 4) is 5.75 Å². The van der Waals surface area contributed by atoms with E-state index in [1.165, 1.54) is 17.0 Å². The highest BCUT2D eigenvalue weighted by molar-refractivity contribution is 7.89. The topological polar surface area (TPSA) is 75.7 Å². The minimum Gasteiger partial charge on any atom is -0.495 e. The average Bonchev–Trinajstić information content (AvgIpc) is 2.72. The van der Waals surface area contributed by atoms with E-state index in [1.807, 2.05) is 25.1 Å². The van der Waals surface area contributed by atoms with E-state index in [2.05, 4.69) is 11.4 Å². The Kier molecular flexibility index (Phi) is 6.59. The van der Waals surface area contributed by atoms with Crippen LogP contribution in [0.3, 0.4) is 0 Å². The van der Waals surface area contributed by atoms with Crippen molar-refractivity contribution in [3.05, 3.63) is 59.2 Å². The van der Waals surface area contributed by atoms with Crippen molar-refractivity contribution >= 4 is 15.9 Å². The molecule has 0 aromatic heterocycles. The maximum absolute atomic E-state index is 13.2. The van der Waals surface area contributed by atoms with Crippen molar-refractivity contribution in [2.24, 2.45) is 0 Å². The van der Waals surface area contributed by atoms with Crippen molar-refractivity contribution in [2.45, 2.75) is 44.0 Å². The largest absolute Gasteiger partial charge is 0.495 e. The van der Waals surface area contributed by atoms with Crippen LogP contribution < -0.4 is 10.1 Å². The molecule has 156 valence electrons. The highest BCUT2D eigenvalue weighted by Gasteiger charge is 2.30. The first-order chi connectivity index (χ1) is 13.9. The SMILES string of the molecule is CCN(CC(=O)NC1CCCc2ccccc21)S(=O)(=O)c1cc(C)ccc1OC. The maximum atomic E-state index is 13.2.